The van der Waals surface area contributed by atoms with Crippen molar-refractivity contribution < 1.29 is 9.53 Å². The fourth-order valence-corrected chi connectivity index (χ4v) is 7.00. The molecule has 4 aliphatic rings. The van der Waals surface area contributed by atoms with Crippen molar-refractivity contribution in [1.29, 1.82) is 10.5 Å². The molecule has 2 aromatic rings. The van der Waals surface area contributed by atoms with Gasteiger partial charge in [-0.15, -0.1) is 0 Å². The topological polar surface area (TPSA) is 136 Å². The molecular formula is C29H35N7O2. The molecule has 198 valence electrons. The zero-order valence-electron chi connectivity index (χ0n) is 22.3. The molecule has 6 rings (SSSR count). The average molecular weight is 514 g/mol. The van der Waals surface area contributed by atoms with E-state index in [1.54, 1.807) is 6.07 Å². The Labute approximate surface area is 224 Å². The number of nitrogens with one attached hydrogen (secondary N) is 3. The fraction of sp³-hybridized carbons (Fsp3) is 0.552. The van der Waals surface area contributed by atoms with Gasteiger partial charge < -0.3 is 20.7 Å². The summed E-state index contributed by atoms with van der Waals surface area (Å²) >= 11 is 0. The van der Waals surface area contributed by atoms with E-state index in [0.29, 0.717) is 47.2 Å². The largest absolute Gasteiger partial charge is 0.444 e. The lowest BCUT2D eigenvalue weighted by atomic mass is 9.48. The summed E-state index contributed by atoms with van der Waals surface area (Å²) in [5.41, 5.74) is 1.49. The number of aromatic nitrogens is 2. The Hall–Kier alpha value is -3.85. The highest BCUT2D eigenvalue weighted by atomic mass is 16.6. The maximum absolute atomic E-state index is 12.5. The van der Waals surface area contributed by atoms with Crippen LogP contribution in [0.2, 0.25) is 0 Å². The zero-order valence-corrected chi connectivity index (χ0v) is 22.3. The number of amides is 1. The molecule has 4 aliphatic carbocycles. The van der Waals surface area contributed by atoms with Gasteiger partial charge in [0.25, 0.3) is 0 Å². The molecule has 0 aliphatic heterocycles. The third-order valence-electron chi connectivity index (χ3n) is 8.20. The predicted octanol–water partition coefficient (Wildman–Crippen LogP) is 4.96. The van der Waals surface area contributed by atoms with Crippen molar-refractivity contribution in [2.24, 2.45) is 23.2 Å². The van der Waals surface area contributed by atoms with E-state index in [2.05, 4.69) is 38.1 Å². The number of hydrogen-bond acceptors (Lipinski definition) is 8. The maximum atomic E-state index is 12.5. The lowest BCUT2D eigenvalue weighted by Gasteiger charge is -2.60. The first-order valence-corrected chi connectivity index (χ1v) is 13.4. The number of nitrogens with zero attached hydrogens (tertiary/aromatic N) is 4. The van der Waals surface area contributed by atoms with E-state index >= 15 is 0 Å². The third-order valence-corrected chi connectivity index (χ3v) is 8.20. The summed E-state index contributed by atoms with van der Waals surface area (Å²) in [6.07, 6.45) is 6.75. The molecule has 1 aromatic heterocycles. The predicted molar refractivity (Wildman–Crippen MR) is 143 cm³/mol. The number of anilines is 2. The van der Waals surface area contributed by atoms with Crippen LogP contribution >= 0.6 is 0 Å². The van der Waals surface area contributed by atoms with Crippen molar-refractivity contribution in [2.75, 3.05) is 17.2 Å². The maximum Gasteiger partial charge on any atom is 0.407 e. The minimum Gasteiger partial charge on any atom is -0.444 e. The summed E-state index contributed by atoms with van der Waals surface area (Å²) < 4.78 is 5.54. The van der Waals surface area contributed by atoms with Crippen molar-refractivity contribution in [1.82, 2.24) is 15.3 Å². The number of rotatable bonds is 7. The number of benzene rings is 1. The SMILES string of the molecule is CC(C)(C)OC(=O)NC1[C@@H]2CC3C[C@H]1CC(CNc1nc(NCc4ccccc4C#N)ncc1C#N)(C3)C2. The Balaban J connectivity index is 1.25. The molecule has 0 saturated heterocycles. The van der Waals surface area contributed by atoms with E-state index in [-0.39, 0.29) is 17.6 Å². The monoisotopic (exact) mass is 513 g/mol. The summed E-state index contributed by atoms with van der Waals surface area (Å²) in [5, 5.41) is 28.9. The molecule has 5 atom stereocenters. The van der Waals surface area contributed by atoms with Crippen LogP contribution in [0.5, 0.6) is 0 Å². The molecule has 3 unspecified atom stereocenters. The molecule has 0 spiro atoms. The lowest BCUT2D eigenvalue weighted by Crippen LogP contribution is -2.60. The quantitative estimate of drug-likeness (QED) is 0.472. The molecule has 38 heavy (non-hydrogen) atoms. The molecule has 9 nitrogen and oxygen atoms in total. The Morgan fingerprint density at radius 2 is 1.79 bits per heavy atom. The van der Waals surface area contributed by atoms with E-state index in [1.807, 2.05) is 39.0 Å². The molecule has 4 fully saturated rings. The molecule has 1 amide bonds. The number of ether oxygens (including phenoxy) is 1. The number of carbonyl (C=O) groups excluding carboxylic acids is 1. The van der Waals surface area contributed by atoms with Gasteiger partial charge in [0.15, 0.2) is 0 Å². The molecule has 4 bridgehead atoms. The van der Waals surface area contributed by atoms with Crippen LogP contribution in [0.25, 0.3) is 0 Å². The van der Waals surface area contributed by atoms with Gasteiger partial charge in [0.2, 0.25) is 5.95 Å². The fourth-order valence-electron chi connectivity index (χ4n) is 7.00. The highest BCUT2D eigenvalue weighted by Crippen LogP contribution is 2.60. The van der Waals surface area contributed by atoms with Gasteiger partial charge in [-0.1, -0.05) is 18.2 Å². The number of hydrogen-bond donors (Lipinski definition) is 3. The Morgan fingerprint density at radius 1 is 1.08 bits per heavy atom. The van der Waals surface area contributed by atoms with E-state index in [4.69, 9.17) is 4.74 Å². The normalized spacial score (nSPS) is 27.2. The Kier molecular flexibility index (Phi) is 6.88. The van der Waals surface area contributed by atoms with E-state index in [1.165, 1.54) is 6.20 Å². The number of nitriles is 2. The van der Waals surface area contributed by atoms with Gasteiger partial charge in [-0.05, 0) is 87.7 Å². The molecule has 9 heteroatoms. The van der Waals surface area contributed by atoms with Gasteiger partial charge in [0.05, 0.1) is 17.8 Å². The first-order chi connectivity index (χ1) is 18.2. The molecule has 0 radical (unpaired) electrons. The first-order valence-electron chi connectivity index (χ1n) is 13.4. The van der Waals surface area contributed by atoms with Crippen LogP contribution in [0.3, 0.4) is 0 Å². The van der Waals surface area contributed by atoms with Crippen molar-refractivity contribution in [3.05, 3.63) is 47.2 Å². The standard InChI is InChI=1S/C29H35N7O2/c1-28(2,3)38-27(37)35-24-21-8-18-9-22(24)12-29(10-18,11-21)17-34-25-23(14-31)16-33-26(36-25)32-15-20-7-5-4-6-19(20)13-30/h4-7,16,18,21-22,24H,8-12,15,17H2,1-3H3,(H,35,37)(H2,32,33,34,36)/t18?,21-,22+,24?,29?. The van der Waals surface area contributed by atoms with Crippen molar-refractivity contribution in [3.63, 3.8) is 0 Å². The van der Waals surface area contributed by atoms with Crippen LogP contribution in [-0.4, -0.2) is 34.2 Å². The van der Waals surface area contributed by atoms with Gasteiger partial charge in [0.1, 0.15) is 23.1 Å². The highest BCUT2D eigenvalue weighted by molar-refractivity contribution is 5.68. The van der Waals surface area contributed by atoms with Crippen molar-refractivity contribution >= 4 is 17.9 Å². The lowest BCUT2D eigenvalue weighted by molar-refractivity contribution is -0.0703. The first kappa shape index (κ1) is 25.8. The zero-order chi connectivity index (χ0) is 26.9. The van der Waals surface area contributed by atoms with Gasteiger partial charge in [-0.3, -0.25) is 0 Å². The molecular weight excluding hydrogens is 478 g/mol. The van der Waals surface area contributed by atoms with Gasteiger partial charge in [0, 0.05) is 19.1 Å². The molecule has 3 N–H and O–H groups in total. The van der Waals surface area contributed by atoms with E-state index in [0.717, 1.165) is 44.2 Å². The summed E-state index contributed by atoms with van der Waals surface area (Å²) in [6, 6.07) is 12.0. The summed E-state index contributed by atoms with van der Waals surface area (Å²) in [5.74, 6) is 2.48. The summed E-state index contributed by atoms with van der Waals surface area (Å²) in [4.78, 5) is 21.4. The van der Waals surface area contributed by atoms with Crippen LogP contribution in [0.15, 0.2) is 30.5 Å². The van der Waals surface area contributed by atoms with Crippen LogP contribution in [0.4, 0.5) is 16.6 Å². The Morgan fingerprint density at radius 3 is 2.47 bits per heavy atom. The Bertz CT molecular complexity index is 1270. The van der Waals surface area contributed by atoms with Crippen LogP contribution in [0, 0.1) is 45.8 Å². The van der Waals surface area contributed by atoms with Gasteiger partial charge in [-0.2, -0.15) is 15.5 Å². The second kappa shape index (κ2) is 10.1. The van der Waals surface area contributed by atoms with Crippen molar-refractivity contribution in [2.45, 2.75) is 71.1 Å². The van der Waals surface area contributed by atoms with E-state index < -0.39 is 5.60 Å². The third kappa shape index (κ3) is 5.52. The molecule has 1 aromatic carbocycles. The van der Waals surface area contributed by atoms with Crippen LogP contribution in [-0.2, 0) is 11.3 Å². The minimum atomic E-state index is -0.510. The second-order valence-electron chi connectivity index (χ2n) is 12.2. The molecule has 4 saturated carbocycles. The highest BCUT2D eigenvalue weighted by Gasteiger charge is 2.55. The average Bonchev–Trinajstić information content (AvgIpc) is 2.87. The minimum absolute atomic E-state index is 0.125. The van der Waals surface area contributed by atoms with Crippen LogP contribution in [0.1, 0.15) is 69.6 Å². The molecule has 1 heterocycles. The second-order valence-corrected chi connectivity index (χ2v) is 12.2. The van der Waals surface area contributed by atoms with E-state index in [9.17, 15) is 15.3 Å². The summed E-state index contributed by atoms with van der Waals surface area (Å²) in [7, 11) is 0. The van der Waals surface area contributed by atoms with Crippen molar-refractivity contribution in [3.8, 4) is 12.1 Å². The number of carbonyl (C=O) groups is 1. The van der Waals surface area contributed by atoms with Gasteiger partial charge >= 0.3 is 6.09 Å². The summed E-state index contributed by atoms with van der Waals surface area (Å²) in [6.45, 7) is 6.81. The number of alkyl carbamates (subject to hydrolysis) is 1. The van der Waals surface area contributed by atoms with Gasteiger partial charge in [-0.25, -0.2) is 9.78 Å². The smallest absolute Gasteiger partial charge is 0.407 e. The van der Waals surface area contributed by atoms with Crippen LogP contribution < -0.4 is 16.0 Å².